The van der Waals surface area contributed by atoms with Crippen LogP contribution in [-0.2, 0) is 6.54 Å². The normalized spacial score (nSPS) is 12.4. The van der Waals surface area contributed by atoms with E-state index in [0.29, 0.717) is 16.3 Å². The van der Waals surface area contributed by atoms with E-state index in [0.717, 1.165) is 0 Å². The zero-order valence-electron chi connectivity index (χ0n) is 10.2. The number of halogens is 1. The monoisotopic (exact) mass is 281 g/mol. The van der Waals surface area contributed by atoms with Crippen molar-refractivity contribution in [3.05, 3.63) is 50.8 Å². The Balaban J connectivity index is 2.29. The van der Waals surface area contributed by atoms with Gasteiger partial charge in [0.25, 0.3) is 5.69 Å². The van der Waals surface area contributed by atoms with Crippen LogP contribution in [0.25, 0.3) is 0 Å². The average molecular weight is 282 g/mol. The van der Waals surface area contributed by atoms with Gasteiger partial charge >= 0.3 is 0 Å². The molecule has 0 bridgehead atoms. The molecule has 0 fully saturated rings. The van der Waals surface area contributed by atoms with Crippen molar-refractivity contribution in [2.24, 2.45) is 5.73 Å². The second-order valence-corrected chi connectivity index (χ2v) is 4.60. The Morgan fingerprint density at radius 3 is 2.89 bits per heavy atom. The van der Waals surface area contributed by atoms with Gasteiger partial charge in [0, 0.05) is 17.1 Å². The number of nitrogens with two attached hydrogens (primary N) is 1. The third-order valence-electron chi connectivity index (χ3n) is 2.60. The van der Waals surface area contributed by atoms with Crippen molar-refractivity contribution in [1.29, 1.82) is 0 Å². The predicted octanol–water partition coefficient (Wildman–Crippen LogP) is 1.91. The molecule has 1 atom stereocenters. The molecule has 8 heteroatoms. The van der Waals surface area contributed by atoms with Crippen molar-refractivity contribution in [2.45, 2.75) is 19.5 Å². The molecule has 0 aliphatic carbocycles. The van der Waals surface area contributed by atoms with Gasteiger partial charge in [0.1, 0.15) is 0 Å². The van der Waals surface area contributed by atoms with Crippen LogP contribution in [0.1, 0.15) is 24.2 Å². The minimum atomic E-state index is -0.468. The van der Waals surface area contributed by atoms with E-state index in [1.165, 1.54) is 10.7 Å². The van der Waals surface area contributed by atoms with E-state index in [9.17, 15) is 10.1 Å². The Hall–Kier alpha value is -1.99. The largest absolute Gasteiger partial charge is 0.323 e. The fraction of sp³-hybridized carbons (Fsp3) is 0.273. The lowest BCUT2D eigenvalue weighted by Crippen LogP contribution is -2.05. The van der Waals surface area contributed by atoms with Gasteiger partial charge in [-0.05, 0) is 19.1 Å². The van der Waals surface area contributed by atoms with Crippen molar-refractivity contribution in [1.82, 2.24) is 15.0 Å². The van der Waals surface area contributed by atoms with Crippen LogP contribution in [0, 0.1) is 10.1 Å². The van der Waals surface area contributed by atoms with Gasteiger partial charge in [-0.15, -0.1) is 5.10 Å². The summed E-state index contributed by atoms with van der Waals surface area (Å²) in [5, 5.41) is 19.1. The maximum atomic E-state index is 11.0. The Morgan fingerprint density at radius 2 is 2.32 bits per heavy atom. The van der Waals surface area contributed by atoms with E-state index < -0.39 is 4.92 Å². The molecule has 1 unspecified atom stereocenters. The smallest absolute Gasteiger partial charge is 0.275 e. The molecule has 19 heavy (non-hydrogen) atoms. The third kappa shape index (κ3) is 3.07. The minimum absolute atomic E-state index is 0.0367. The Bertz CT molecular complexity index is 611. The molecule has 0 saturated heterocycles. The van der Waals surface area contributed by atoms with Crippen LogP contribution in [0.15, 0.2) is 24.4 Å². The summed E-state index contributed by atoms with van der Waals surface area (Å²) in [4.78, 5) is 10.5. The van der Waals surface area contributed by atoms with E-state index in [1.54, 1.807) is 25.3 Å². The third-order valence-corrected chi connectivity index (χ3v) is 2.83. The zero-order chi connectivity index (χ0) is 14.0. The summed E-state index contributed by atoms with van der Waals surface area (Å²) < 4.78 is 1.51. The molecular weight excluding hydrogens is 270 g/mol. The van der Waals surface area contributed by atoms with E-state index in [1.807, 2.05) is 0 Å². The predicted molar refractivity (Wildman–Crippen MR) is 69.8 cm³/mol. The highest BCUT2D eigenvalue weighted by Gasteiger charge is 2.15. The SMILES string of the molecule is CC(N)c1cn(Cc2ccc(Cl)cc2[N+](=O)[O-])nn1. The molecule has 0 aliphatic heterocycles. The van der Waals surface area contributed by atoms with Crippen LogP contribution in [0.4, 0.5) is 5.69 Å². The topological polar surface area (TPSA) is 99.9 Å². The second kappa shape index (κ2) is 5.33. The summed E-state index contributed by atoms with van der Waals surface area (Å²) >= 11 is 5.75. The molecule has 2 N–H and O–H groups in total. The van der Waals surface area contributed by atoms with Gasteiger partial charge in [-0.2, -0.15) is 0 Å². The van der Waals surface area contributed by atoms with Gasteiger partial charge in [0.2, 0.25) is 0 Å². The minimum Gasteiger partial charge on any atom is -0.323 e. The summed E-state index contributed by atoms with van der Waals surface area (Å²) in [6, 6.07) is 4.30. The van der Waals surface area contributed by atoms with Crippen molar-refractivity contribution in [3.8, 4) is 0 Å². The molecular formula is C11H12ClN5O2. The van der Waals surface area contributed by atoms with Gasteiger partial charge in [-0.3, -0.25) is 10.1 Å². The first kappa shape index (κ1) is 13.4. The zero-order valence-corrected chi connectivity index (χ0v) is 10.9. The molecule has 2 aromatic rings. The lowest BCUT2D eigenvalue weighted by molar-refractivity contribution is -0.385. The van der Waals surface area contributed by atoms with Crippen LogP contribution in [0.5, 0.6) is 0 Å². The summed E-state index contributed by atoms with van der Waals surface area (Å²) in [6.45, 7) is 2.03. The fourth-order valence-corrected chi connectivity index (χ4v) is 1.78. The van der Waals surface area contributed by atoms with Crippen LogP contribution in [0.2, 0.25) is 5.02 Å². The van der Waals surface area contributed by atoms with Crippen LogP contribution in [0.3, 0.4) is 0 Å². The molecule has 0 radical (unpaired) electrons. The quantitative estimate of drug-likeness (QED) is 0.681. The fourth-order valence-electron chi connectivity index (χ4n) is 1.61. The number of nitrogens with zero attached hydrogens (tertiary/aromatic N) is 4. The number of nitro groups is 1. The summed E-state index contributed by atoms with van der Waals surface area (Å²) in [6.07, 6.45) is 1.67. The molecule has 1 heterocycles. The average Bonchev–Trinajstić information content (AvgIpc) is 2.80. The van der Waals surface area contributed by atoms with Crippen molar-refractivity contribution in [3.63, 3.8) is 0 Å². The molecule has 0 aliphatic rings. The van der Waals surface area contributed by atoms with E-state index in [2.05, 4.69) is 10.3 Å². The van der Waals surface area contributed by atoms with Crippen molar-refractivity contribution < 1.29 is 4.92 Å². The van der Waals surface area contributed by atoms with Crippen molar-refractivity contribution in [2.75, 3.05) is 0 Å². The van der Waals surface area contributed by atoms with Gasteiger partial charge < -0.3 is 5.73 Å². The van der Waals surface area contributed by atoms with E-state index in [-0.39, 0.29) is 18.3 Å². The van der Waals surface area contributed by atoms with Gasteiger partial charge in [-0.25, -0.2) is 4.68 Å². The first-order chi connectivity index (χ1) is 8.97. The second-order valence-electron chi connectivity index (χ2n) is 4.16. The number of rotatable bonds is 4. The highest BCUT2D eigenvalue weighted by atomic mass is 35.5. The Labute approximate surface area is 114 Å². The maximum absolute atomic E-state index is 11.0. The molecule has 0 saturated carbocycles. The number of hydrogen-bond donors (Lipinski definition) is 1. The highest BCUT2D eigenvalue weighted by molar-refractivity contribution is 6.30. The lowest BCUT2D eigenvalue weighted by Gasteiger charge is -2.03. The first-order valence-corrected chi connectivity index (χ1v) is 5.93. The molecule has 2 rings (SSSR count). The number of nitro benzene ring substituents is 1. The summed E-state index contributed by atoms with van der Waals surface area (Å²) in [7, 11) is 0. The first-order valence-electron chi connectivity index (χ1n) is 5.56. The Morgan fingerprint density at radius 1 is 1.58 bits per heavy atom. The molecule has 100 valence electrons. The summed E-state index contributed by atoms with van der Waals surface area (Å²) in [5.41, 5.74) is 6.79. The molecule has 7 nitrogen and oxygen atoms in total. The Kier molecular flexibility index (Phi) is 3.77. The van der Waals surface area contributed by atoms with Crippen LogP contribution >= 0.6 is 11.6 Å². The molecule has 0 spiro atoms. The number of hydrogen-bond acceptors (Lipinski definition) is 5. The molecule has 1 aromatic carbocycles. The van der Waals surface area contributed by atoms with E-state index in [4.69, 9.17) is 17.3 Å². The van der Waals surface area contributed by atoms with Gasteiger partial charge in [-0.1, -0.05) is 16.8 Å². The summed E-state index contributed by atoms with van der Waals surface area (Å²) in [5.74, 6) is 0. The van der Waals surface area contributed by atoms with E-state index >= 15 is 0 Å². The standard InChI is InChI=1S/C11H12ClN5O2/c1-7(13)10-6-16(15-14-10)5-8-2-3-9(12)4-11(8)17(18)19/h2-4,6-7H,5,13H2,1H3. The highest BCUT2D eigenvalue weighted by Crippen LogP contribution is 2.23. The molecule has 1 aromatic heterocycles. The van der Waals surface area contributed by atoms with Crippen molar-refractivity contribution >= 4 is 17.3 Å². The molecule has 0 amide bonds. The number of aromatic nitrogens is 3. The number of benzene rings is 1. The van der Waals surface area contributed by atoms with Crippen LogP contribution < -0.4 is 5.73 Å². The van der Waals surface area contributed by atoms with Gasteiger partial charge in [0.05, 0.1) is 28.9 Å². The van der Waals surface area contributed by atoms with Gasteiger partial charge in [0.15, 0.2) is 0 Å². The lowest BCUT2D eigenvalue weighted by atomic mass is 10.2. The maximum Gasteiger partial charge on any atom is 0.275 e. The van der Waals surface area contributed by atoms with Crippen LogP contribution in [-0.4, -0.2) is 19.9 Å².